The van der Waals surface area contributed by atoms with Crippen molar-refractivity contribution in [2.24, 2.45) is 5.92 Å². The number of amides is 1. The van der Waals surface area contributed by atoms with Gasteiger partial charge in [0.25, 0.3) is 0 Å². The maximum atomic E-state index is 12.0. The van der Waals surface area contributed by atoms with Crippen molar-refractivity contribution in [3.63, 3.8) is 0 Å². The van der Waals surface area contributed by atoms with Crippen molar-refractivity contribution in [2.75, 3.05) is 11.9 Å². The molecule has 0 radical (unpaired) electrons. The van der Waals surface area contributed by atoms with Crippen molar-refractivity contribution in [1.82, 2.24) is 0 Å². The highest BCUT2D eigenvalue weighted by molar-refractivity contribution is 5.92. The van der Waals surface area contributed by atoms with Crippen molar-refractivity contribution >= 4 is 11.6 Å². The Balaban J connectivity index is 2.80. The van der Waals surface area contributed by atoms with E-state index in [-0.39, 0.29) is 18.4 Å². The van der Waals surface area contributed by atoms with Crippen LogP contribution in [0, 0.1) is 24.7 Å². The van der Waals surface area contributed by atoms with E-state index in [1.54, 1.807) is 0 Å². The lowest BCUT2D eigenvalue weighted by molar-refractivity contribution is -0.119. The highest BCUT2D eigenvalue weighted by Crippen LogP contribution is 2.16. The fraction of sp³-hybridized carbons (Fsp3) is 0.471. The molecule has 0 spiro atoms. The number of aliphatic hydroxyl groups is 1. The van der Waals surface area contributed by atoms with E-state index in [1.807, 2.05) is 32.0 Å². The molecule has 0 aromatic heterocycles. The maximum Gasteiger partial charge on any atom is 0.227 e. The van der Waals surface area contributed by atoms with E-state index in [4.69, 9.17) is 5.11 Å². The van der Waals surface area contributed by atoms with E-state index in [2.05, 4.69) is 24.1 Å². The quantitative estimate of drug-likeness (QED) is 0.810. The minimum atomic E-state index is 0.0187. The average molecular weight is 273 g/mol. The lowest BCUT2D eigenvalue weighted by atomic mass is 10.0. The second-order valence-corrected chi connectivity index (χ2v) is 4.98. The third-order valence-corrected chi connectivity index (χ3v) is 3.13. The van der Waals surface area contributed by atoms with Gasteiger partial charge >= 0.3 is 0 Å². The van der Waals surface area contributed by atoms with Crippen LogP contribution in [0.25, 0.3) is 0 Å². The number of hydrogen-bond donors (Lipinski definition) is 2. The van der Waals surface area contributed by atoms with Crippen LogP contribution in [0.5, 0.6) is 0 Å². The fourth-order valence-corrected chi connectivity index (χ4v) is 1.88. The van der Waals surface area contributed by atoms with E-state index >= 15 is 0 Å². The van der Waals surface area contributed by atoms with Gasteiger partial charge in [0.05, 0.1) is 6.61 Å². The van der Waals surface area contributed by atoms with Crippen LogP contribution in [0.4, 0.5) is 5.69 Å². The molecule has 0 saturated heterocycles. The van der Waals surface area contributed by atoms with Gasteiger partial charge in [0, 0.05) is 23.6 Å². The van der Waals surface area contributed by atoms with Crippen LogP contribution in [0.3, 0.4) is 0 Å². The van der Waals surface area contributed by atoms with Crippen LogP contribution in [-0.2, 0) is 4.79 Å². The first-order valence-electron chi connectivity index (χ1n) is 7.09. The van der Waals surface area contributed by atoms with Gasteiger partial charge in [0.1, 0.15) is 0 Å². The van der Waals surface area contributed by atoms with Gasteiger partial charge in [-0.25, -0.2) is 0 Å². The molecule has 0 saturated carbocycles. The zero-order chi connectivity index (χ0) is 15.0. The number of hydrogen-bond acceptors (Lipinski definition) is 2. The van der Waals surface area contributed by atoms with Crippen LogP contribution in [0.1, 0.15) is 44.2 Å². The van der Waals surface area contributed by atoms with Crippen LogP contribution < -0.4 is 5.32 Å². The first-order valence-corrected chi connectivity index (χ1v) is 7.09. The van der Waals surface area contributed by atoms with Crippen molar-refractivity contribution in [3.05, 3.63) is 29.3 Å². The Morgan fingerprint density at radius 2 is 2.20 bits per heavy atom. The van der Waals surface area contributed by atoms with Gasteiger partial charge in [-0.2, -0.15) is 0 Å². The second kappa shape index (κ2) is 8.39. The Kier molecular flexibility index (Phi) is 6.83. The van der Waals surface area contributed by atoms with Gasteiger partial charge in [-0.1, -0.05) is 38.2 Å². The van der Waals surface area contributed by atoms with Crippen LogP contribution in [-0.4, -0.2) is 17.6 Å². The monoisotopic (exact) mass is 273 g/mol. The zero-order valence-electron chi connectivity index (χ0n) is 12.5. The molecule has 1 amide bonds. The smallest absolute Gasteiger partial charge is 0.227 e. The highest BCUT2D eigenvalue weighted by atomic mass is 16.2. The Hall–Kier alpha value is -1.79. The predicted octanol–water partition coefficient (Wildman–Crippen LogP) is 3.10. The second-order valence-electron chi connectivity index (χ2n) is 4.98. The van der Waals surface area contributed by atoms with Crippen molar-refractivity contribution in [1.29, 1.82) is 0 Å². The number of aryl methyl sites for hydroxylation is 1. The lowest BCUT2D eigenvalue weighted by Crippen LogP contribution is -2.20. The molecular weight excluding hydrogens is 250 g/mol. The first kappa shape index (κ1) is 16.3. The molecule has 0 fully saturated rings. The standard InChI is InChI=1S/C17H23NO2/c1-4-7-14(3)17(20)18-16-10-9-13(2)15(12-16)8-5-6-11-19/h9-10,12,14,19H,4,6-7,11H2,1-3H3,(H,18,20). The molecule has 0 aliphatic carbocycles. The molecule has 1 unspecified atom stereocenters. The largest absolute Gasteiger partial charge is 0.395 e. The number of rotatable bonds is 5. The molecular formula is C17H23NO2. The minimum Gasteiger partial charge on any atom is -0.395 e. The summed E-state index contributed by atoms with van der Waals surface area (Å²) in [6, 6.07) is 5.72. The van der Waals surface area contributed by atoms with E-state index in [9.17, 15) is 4.79 Å². The van der Waals surface area contributed by atoms with E-state index in [0.717, 1.165) is 29.7 Å². The lowest BCUT2D eigenvalue weighted by Gasteiger charge is -2.12. The zero-order valence-corrected chi connectivity index (χ0v) is 12.5. The molecule has 1 aromatic rings. The van der Waals surface area contributed by atoms with E-state index < -0.39 is 0 Å². The van der Waals surface area contributed by atoms with E-state index in [1.165, 1.54) is 0 Å². The molecule has 0 heterocycles. The van der Waals surface area contributed by atoms with E-state index in [0.29, 0.717) is 6.42 Å². The third-order valence-electron chi connectivity index (χ3n) is 3.13. The number of carbonyl (C=O) groups is 1. The van der Waals surface area contributed by atoms with Gasteiger partial charge in [0.15, 0.2) is 0 Å². The summed E-state index contributed by atoms with van der Waals surface area (Å²) >= 11 is 0. The maximum absolute atomic E-state index is 12.0. The molecule has 2 N–H and O–H groups in total. The summed E-state index contributed by atoms with van der Waals surface area (Å²) in [5, 5.41) is 11.7. The molecule has 3 heteroatoms. The Morgan fingerprint density at radius 1 is 1.45 bits per heavy atom. The summed E-state index contributed by atoms with van der Waals surface area (Å²) in [6.45, 7) is 6.06. The SMILES string of the molecule is CCCC(C)C(=O)Nc1ccc(C)c(C#CCCO)c1. The van der Waals surface area contributed by atoms with Gasteiger partial charge in [-0.05, 0) is 31.0 Å². The molecule has 0 aliphatic rings. The van der Waals surface area contributed by atoms with Crippen LogP contribution in [0.2, 0.25) is 0 Å². The summed E-state index contributed by atoms with van der Waals surface area (Å²) in [5.74, 6) is 5.99. The van der Waals surface area contributed by atoms with Crippen molar-refractivity contribution in [3.8, 4) is 11.8 Å². The van der Waals surface area contributed by atoms with Crippen LogP contribution in [0.15, 0.2) is 18.2 Å². The molecule has 1 rings (SSSR count). The number of nitrogens with one attached hydrogen (secondary N) is 1. The average Bonchev–Trinajstić information content (AvgIpc) is 2.42. The van der Waals surface area contributed by atoms with Gasteiger partial charge in [-0.15, -0.1) is 0 Å². The predicted molar refractivity (Wildman–Crippen MR) is 82.5 cm³/mol. The summed E-state index contributed by atoms with van der Waals surface area (Å²) in [5.41, 5.74) is 2.73. The summed E-state index contributed by atoms with van der Waals surface area (Å²) in [7, 11) is 0. The number of carbonyl (C=O) groups excluding carboxylic acids is 1. The molecule has 1 aromatic carbocycles. The Morgan fingerprint density at radius 3 is 2.85 bits per heavy atom. The Bertz CT molecular complexity index is 511. The fourth-order valence-electron chi connectivity index (χ4n) is 1.88. The van der Waals surface area contributed by atoms with Crippen LogP contribution >= 0.6 is 0 Å². The molecule has 1 atom stereocenters. The van der Waals surface area contributed by atoms with Gasteiger partial charge in [0.2, 0.25) is 5.91 Å². The summed E-state index contributed by atoms with van der Waals surface area (Å²) < 4.78 is 0. The molecule has 108 valence electrons. The Labute approximate surface area is 121 Å². The first-order chi connectivity index (χ1) is 9.58. The van der Waals surface area contributed by atoms with Gasteiger partial charge in [-0.3, -0.25) is 4.79 Å². The molecule has 0 bridgehead atoms. The third kappa shape index (κ3) is 5.07. The molecule has 20 heavy (non-hydrogen) atoms. The van der Waals surface area contributed by atoms with Crippen molar-refractivity contribution in [2.45, 2.75) is 40.0 Å². The highest BCUT2D eigenvalue weighted by Gasteiger charge is 2.12. The molecule has 3 nitrogen and oxygen atoms in total. The minimum absolute atomic E-state index is 0.0187. The topological polar surface area (TPSA) is 49.3 Å². The summed E-state index contributed by atoms with van der Waals surface area (Å²) in [4.78, 5) is 12.0. The normalized spacial score (nSPS) is 11.4. The van der Waals surface area contributed by atoms with Gasteiger partial charge < -0.3 is 10.4 Å². The van der Waals surface area contributed by atoms with Crippen molar-refractivity contribution < 1.29 is 9.90 Å². The number of benzene rings is 1. The number of anilines is 1. The molecule has 0 aliphatic heterocycles. The number of aliphatic hydroxyl groups excluding tert-OH is 1. The summed E-state index contributed by atoms with van der Waals surface area (Å²) in [6.07, 6.45) is 2.35.